The van der Waals surface area contributed by atoms with Gasteiger partial charge < -0.3 is 25.0 Å². The van der Waals surface area contributed by atoms with Gasteiger partial charge in [0.15, 0.2) is 0 Å². The molecule has 1 aliphatic heterocycles. The minimum atomic E-state index is -0.0679. The summed E-state index contributed by atoms with van der Waals surface area (Å²) < 4.78 is 11.0. The van der Waals surface area contributed by atoms with Gasteiger partial charge in [-0.2, -0.15) is 0 Å². The van der Waals surface area contributed by atoms with Gasteiger partial charge >= 0.3 is 0 Å². The highest BCUT2D eigenvalue weighted by Crippen LogP contribution is 2.20. The maximum absolute atomic E-state index is 12.4. The molecule has 1 heterocycles. The number of amides is 3. The molecule has 0 aliphatic carbocycles. The third kappa shape index (κ3) is 12.8. The van der Waals surface area contributed by atoms with Gasteiger partial charge in [0.2, 0.25) is 17.7 Å². The molecule has 2 unspecified atom stereocenters. The topological polar surface area (TPSA) is 97.0 Å². The molecule has 0 radical (unpaired) electrons. The summed E-state index contributed by atoms with van der Waals surface area (Å²) in [7, 11) is 0. The van der Waals surface area contributed by atoms with E-state index in [9.17, 15) is 14.4 Å². The molecule has 1 rings (SSSR count). The number of rotatable bonds is 15. The van der Waals surface area contributed by atoms with Crippen molar-refractivity contribution in [2.24, 2.45) is 11.8 Å². The normalized spacial score (nSPS) is 17.5. The van der Waals surface area contributed by atoms with Crippen LogP contribution in [0.5, 0.6) is 0 Å². The van der Waals surface area contributed by atoms with Crippen LogP contribution in [0.15, 0.2) is 12.2 Å². The van der Waals surface area contributed by atoms with Crippen LogP contribution in [0, 0.1) is 11.8 Å². The maximum Gasteiger partial charge on any atom is 0.223 e. The Labute approximate surface area is 193 Å². The average Bonchev–Trinajstić information content (AvgIpc) is 2.91. The van der Waals surface area contributed by atoms with E-state index in [0.29, 0.717) is 71.0 Å². The quantitative estimate of drug-likeness (QED) is 0.293. The highest BCUT2D eigenvalue weighted by atomic mass is 16.5. The predicted octanol–water partition coefficient (Wildman–Crippen LogP) is 2.28. The second kappa shape index (κ2) is 15.8. The molecule has 2 atom stereocenters. The Balaban J connectivity index is 2.10. The van der Waals surface area contributed by atoms with Gasteiger partial charge in [0.25, 0.3) is 0 Å². The van der Waals surface area contributed by atoms with Crippen LogP contribution in [0.4, 0.5) is 0 Å². The van der Waals surface area contributed by atoms with Gasteiger partial charge in [0.05, 0.1) is 25.4 Å². The first-order valence-corrected chi connectivity index (χ1v) is 11.9. The summed E-state index contributed by atoms with van der Waals surface area (Å²) in [5, 5.41) is 5.68. The number of nitrogens with one attached hydrogen (secondary N) is 2. The first-order chi connectivity index (χ1) is 15.2. The van der Waals surface area contributed by atoms with Gasteiger partial charge in [0.1, 0.15) is 0 Å². The molecule has 8 nitrogen and oxygen atoms in total. The number of hydrogen-bond donors (Lipinski definition) is 2. The number of allylic oxidation sites excluding steroid dienone is 1. The number of carbonyl (C=O) groups excluding carboxylic acids is 3. The molecular formula is C24H43N3O5. The summed E-state index contributed by atoms with van der Waals surface area (Å²) in [6.45, 7) is 12.9. The summed E-state index contributed by atoms with van der Waals surface area (Å²) in [5.41, 5.74) is 0. The maximum atomic E-state index is 12.4. The second-order valence-corrected chi connectivity index (χ2v) is 8.97. The van der Waals surface area contributed by atoms with Gasteiger partial charge in [-0.15, -0.1) is 0 Å². The first kappa shape index (κ1) is 28.1. The van der Waals surface area contributed by atoms with Crippen LogP contribution < -0.4 is 10.6 Å². The zero-order chi connectivity index (χ0) is 23.9. The highest BCUT2D eigenvalue weighted by molar-refractivity contribution is 5.79. The summed E-state index contributed by atoms with van der Waals surface area (Å²) >= 11 is 0. The van der Waals surface area contributed by atoms with Crippen LogP contribution in [-0.2, 0) is 23.9 Å². The Hall–Kier alpha value is -1.93. The molecule has 2 N–H and O–H groups in total. The zero-order valence-corrected chi connectivity index (χ0v) is 20.5. The van der Waals surface area contributed by atoms with Gasteiger partial charge in [-0.05, 0) is 39.0 Å². The minimum absolute atomic E-state index is 0.0577. The smallest absolute Gasteiger partial charge is 0.223 e. The Morgan fingerprint density at radius 3 is 2.41 bits per heavy atom. The molecule has 0 spiro atoms. The van der Waals surface area contributed by atoms with Gasteiger partial charge in [-0.1, -0.05) is 26.0 Å². The summed E-state index contributed by atoms with van der Waals surface area (Å²) in [6.07, 6.45) is 6.02. The standard InChI is InChI=1S/C24H43N3O5/c1-18(2)21-7-6-13-27(24(30)17-21)14-9-22(28)25-11-8-20(5)32-15-10-23(29)26-12-16-31-19(3)4/h6-7,18-21H,8-17H2,1-5H3,(H,25,28)(H,26,29). The lowest BCUT2D eigenvalue weighted by Crippen LogP contribution is -2.36. The van der Waals surface area contributed by atoms with Crippen molar-refractivity contribution >= 4 is 17.7 Å². The van der Waals surface area contributed by atoms with E-state index < -0.39 is 0 Å². The molecule has 8 heteroatoms. The molecule has 0 aromatic rings. The van der Waals surface area contributed by atoms with E-state index in [0.717, 1.165) is 0 Å². The van der Waals surface area contributed by atoms with Crippen LogP contribution >= 0.6 is 0 Å². The SMILES string of the molecule is CC(C)OCCNC(=O)CCOC(C)CCNC(=O)CCN1CC=CC(C(C)C)CC1=O. The van der Waals surface area contributed by atoms with Crippen LogP contribution in [-0.4, -0.2) is 74.2 Å². The van der Waals surface area contributed by atoms with E-state index in [1.54, 1.807) is 4.90 Å². The molecule has 0 aromatic heterocycles. The molecule has 0 saturated heterocycles. The molecule has 184 valence electrons. The van der Waals surface area contributed by atoms with Crippen LogP contribution in [0.3, 0.4) is 0 Å². The van der Waals surface area contributed by atoms with Crippen molar-refractivity contribution in [1.29, 1.82) is 0 Å². The number of carbonyl (C=O) groups is 3. The molecular weight excluding hydrogens is 410 g/mol. The van der Waals surface area contributed by atoms with E-state index >= 15 is 0 Å². The van der Waals surface area contributed by atoms with Gasteiger partial charge in [-0.25, -0.2) is 0 Å². The Kier molecular flexibility index (Phi) is 13.9. The van der Waals surface area contributed by atoms with E-state index in [4.69, 9.17) is 9.47 Å². The van der Waals surface area contributed by atoms with Crippen LogP contribution in [0.1, 0.15) is 60.3 Å². The van der Waals surface area contributed by atoms with E-state index in [2.05, 4.69) is 30.6 Å². The van der Waals surface area contributed by atoms with Gasteiger partial charge in [-0.3, -0.25) is 14.4 Å². The summed E-state index contributed by atoms with van der Waals surface area (Å²) in [5.74, 6) is 0.686. The molecule has 0 aromatic carbocycles. The first-order valence-electron chi connectivity index (χ1n) is 11.9. The Morgan fingerprint density at radius 2 is 1.72 bits per heavy atom. The Morgan fingerprint density at radius 1 is 1.03 bits per heavy atom. The van der Waals surface area contributed by atoms with Crippen LogP contribution in [0.25, 0.3) is 0 Å². The van der Waals surface area contributed by atoms with Crippen molar-refractivity contribution in [3.63, 3.8) is 0 Å². The summed E-state index contributed by atoms with van der Waals surface area (Å²) in [4.78, 5) is 38.0. The van der Waals surface area contributed by atoms with Crippen molar-refractivity contribution in [2.75, 3.05) is 39.4 Å². The number of nitrogens with zero attached hydrogens (tertiary/aromatic N) is 1. The largest absolute Gasteiger partial charge is 0.378 e. The van der Waals surface area contributed by atoms with Gasteiger partial charge in [0, 0.05) is 45.4 Å². The lowest BCUT2D eigenvalue weighted by Gasteiger charge is -2.21. The second-order valence-electron chi connectivity index (χ2n) is 8.97. The van der Waals surface area contributed by atoms with Crippen molar-refractivity contribution in [3.05, 3.63) is 12.2 Å². The number of hydrogen-bond acceptors (Lipinski definition) is 5. The zero-order valence-electron chi connectivity index (χ0n) is 20.5. The van der Waals surface area contributed by atoms with E-state index in [1.165, 1.54) is 0 Å². The van der Waals surface area contributed by atoms with Crippen molar-refractivity contribution in [2.45, 2.75) is 72.5 Å². The Bertz CT molecular complexity index is 606. The van der Waals surface area contributed by atoms with E-state index in [1.807, 2.05) is 26.8 Å². The molecule has 1 aliphatic rings. The fraction of sp³-hybridized carbons (Fsp3) is 0.792. The summed E-state index contributed by atoms with van der Waals surface area (Å²) in [6, 6.07) is 0. The van der Waals surface area contributed by atoms with Crippen molar-refractivity contribution in [1.82, 2.24) is 15.5 Å². The van der Waals surface area contributed by atoms with Crippen LogP contribution in [0.2, 0.25) is 0 Å². The fourth-order valence-electron chi connectivity index (χ4n) is 3.29. The lowest BCUT2D eigenvalue weighted by atomic mass is 9.92. The molecule has 3 amide bonds. The lowest BCUT2D eigenvalue weighted by molar-refractivity contribution is -0.132. The van der Waals surface area contributed by atoms with E-state index in [-0.39, 0.29) is 35.8 Å². The highest BCUT2D eigenvalue weighted by Gasteiger charge is 2.22. The molecule has 32 heavy (non-hydrogen) atoms. The number of ether oxygens (including phenoxy) is 2. The van der Waals surface area contributed by atoms with Crippen molar-refractivity contribution < 1.29 is 23.9 Å². The fourth-order valence-corrected chi connectivity index (χ4v) is 3.29. The predicted molar refractivity (Wildman–Crippen MR) is 125 cm³/mol. The molecule has 0 saturated carbocycles. The minimum Gasteiger partial charge on any atom is -0.378 e. The average molecular weight is 454 g/mol. The van der Waals surface area contributed by atoms with Crippen molar-refractivity contribution in [3.8, 4) is 0 Å². The third-order valence-electron chi connectivity index (χ3n) is 5.42. The molecule has 0 bridgehead atoms. The monoisotopic (exact) mass is 453 g/mol. The third-order valence-corrected chi connectivity index (χ3v) is 5.42. The molecule has 0 fully saturated rings.